The fraction of sp³-hybridized carbons (Fsp3) is 0.600. The summed E-state index contributed by atoms with van der Waals surface area (Å²) < 4.78 is 43.2. The van der Waals surface area contributed by atoms with E-state index in [2.05, 4.69) is 6.92 Å². The number of ether oxygens (including phenoxy) is 3. The first-order chi connectivity index (χ1) is 10.4. The van der Waals surface area contributed by atoms with Crippen LogP contribution in [0, 0.1) is 5.92 Å². The van der Waals surface area contributed by atoms with Crippen molar-refractivity contribution in [2.75, 3.05) is 34.4 Å². The molecule has 2 rings (SSSR count). The maximum absolute atomic E-state index is 13.0. The van der Waals surface area contributed by atoms with E-state index in [4.69, 9.17) is 14.2 Å². The Morgan fingerprint density at radius 3 is 2.14 bits per heavy atom. The predicted molar refractivity (Wildman–Crippen MR) is 83.3 cm³/mol. The summed E-state index contributed by atoms with van der Waals surface area (Å²) in [6, 6.07) is 3.12. The Balaban J connectivity index is 2.54. The number of hydrogen-bond donors (Lipinski definition) is 0. The molecule has 0 N–H and O–H groups in total. The van der Waals surface area contributed by atoms with Crippen molar-refractivity contribution < 1.29 is 22.6 Å². The lowest BCUT2D eigenvalue weighted by molar-refractivity contribution is 0.278. The molecule has 0 spiro atoms. The van der Waals surface area contributed by atoms with Crippen LogP contribution in [0.2, 0.25) is 0 Å². The van der Waals surface area contributed by atoms with Gasteiger partial charge < -0.3 is 14.2 Å². The SMILES string of the molecule is COc1cc(OC)c(S(=O)(=O)N2CCCC(C)C2)c(OC)c1. The Morgan fingerprint density at radius 2 is 1.68 bits per heavy atom. The summed E-state index contributed by atoms with van der Waals surface area (Å²) in [5.41, 5.74) is 0. The Kier molecular flexibility index (Phi) is 5.18. The lowest BCUT2D eigenvalue weighted by Gasteiger charge is -2.30. The molecule has 1 aromatic carbocycles. The normalized spacial score (nSPS) is 19.7. The van der Waals surface area contributed by atoms with Gasteiger partial charge in [-0.1, -0.05) is 6.92 Å². The van der Waals surface area contributed by atoms with Crippen molar-refractivity contribution in [1.29, 1.82) is 0 Å². The number of hydrogen-bond acceptors (Lipinski definition) is 5. The molecular weight excluding hydrogens is 306 g/mol. The van der Waals surface area contributed by atoms with Crippen molar-refractivity contribution in [3.05, 3.63) is 12.1 Å². The summed E-state index contributed by atoms with van der Waals surface area (Å²) in [6.07, 6.45) is 1.91. The predicted octanol–water partition coefficient (Wildman–Crippen LogP) is 2.13. The van der Waals surface area contributed by atoms with Crippen LogP contribution in [0.4, 0.5) is 0 Å². The molecule has 7 heteroatoms. The zero-order valence-electron chi connectivity index (χ0n) is 13.5. The largest absolute Gasteiger partial charge is 0.496 e. The monoisotopic (exact) mass is 329 g/mol. The standard InChI is InChI=1S/C15H23NO5S/c1-11-6-5-7-16(10-11)22(17,18)15-13(20-3)8-12(19-2)9-14(15)21-4/h8-9,11H,5-7,10H2,1-4H3. The van der Waals surface area contributed by atoms with E-state index < -0.39 is 10.0 Å². The highest BCUT2D eigenvalue weighted by molar-refractivity contribution is 7.89. The Morgan fingerprint density at radius 1 is 1.09 bits per heavy atom. The van der Waals surface area contributed by atoms with Gasteiger partial charge in [-0.3, -0.25) is 0 Å². The van der Waals surface area contributed by atoms with Crippen LogP contribution in [0.3, 0.4) is 0 Å². The second-order valence-corrected chi connectivity index (χ2v) is 7.35. The summed E-state index contributed by atoms with van der Waals surface area (Å²) >= 11 is 0. The van der Waals surface area contributed by atoms with Gasteiger partial charge in [0.15, 0.2) is 4.90 Å². The fourth-order valence-electron chi connectivity index (χ4n) is 2.72. The summed E-state index contributed by atoms with van der Waals surface area (Å²) in [7, 11) is 0.704. The van der Waals surface area contributed by atoms with Crippen LogP contribution in [0.5, 0.6) is 17.2 Å². The molecule has 1 aliphatic heterocycles. The van der Waals surface area contributed by atoms with E-state index in [0.29, 0.717) is 24.8 Å². The van der Waals surface area contributed by atoms with E-state index >= 15 is 0 Å². The summed E-state index contributed by atoms with van der Waals surface area (Å²) in [5.74, 6) is 1.29. The molecule has 0 bridgehead atoms. The third-order valence-corrected chi connectivity index (χ3v) is 5.82. The van der Waals surface area contributed by atoms with Crippen molar-refractivity contribution in [2.45, 2.75) is 24.7 Å². The van der Waals surface area contributed by atoms with Gasteiger partial charge in [0.2, 0.25) is 10.0 Å². The van der Waals surface area contributed by atoms with Gasteiger partial charge in [0.25, 0.3) is 0 Å². The van der Waals surface area contributed by atoms with Crippen molar-refractivity contribution >= 4 is 10.0 Å². The van der Waals surface area contributed by atoms with Gasteiger partial charge in [-0.05, 0) is 18.8 Å². The molecule has 1 fully saturated rings. The zero-order valence-corrected chi connectivity index (χ0v) is 14.3. The Labute approximate surface area is 132 Å². The quantitative estimate of drug-likeness (QED) is 0.828. The molecule has 0 aromatic heterocycles. The first kappa shape index (κ1) is 16.9. The molecule has 22 heavy (non-hydrogen) atoms. The first-order valence-electron chi connectivity index (χ1n) is 7.24. The molecule has 1 heterocycles. The van der Waals surface area contributed by atoms with Crippen LogP contribution < -0.4 is 14.2 Å². The van der Waals surface area contributed by atoms with Crippen molar-refractivity contribution in [3.63, 3.8) is 0 Å². The topological polar surface area (TPSA) is 65.1 Å². The molecule has 0 saturated carbocycles. The molecule has 1 saturated heterocycles. The lowest BCUT2D eigenvalue weighted by atomic mass is 10.0. The second kappa shape index (κ2) is 6.75. The number of piperidine rings is 1. The van der Waals surface area contributed by atoms with Crippen LogP contribution in [0.1, 0.15) is 19.8 Å². The molecule has 1 unspecified atom stereocenters. The number of methoxy groups -OCH3 is 3. The van der Waals surface area contributed by atoms with Gasteiger partial charge in [-0.25, -0.2) is 8.42 Å². The molecule has 1 atom stereocenters. The molecule has 0 amide bonds. The average Bonchev–Trinajstić information content (AvgIpc) is 2.53. The van der Waals surface area contributed by atoms with Crippen molar-refractivity contribution in [1.82, 2.24) is 4.31 Å². The highest BCUT2D eigenvalue weighted by Crippen LogP contribution is 2.40. The number of benzene rings is 1. The summed E-state index contributed by atoms with van der Waals surface area (Å²) in [4.78, 5) is 0.0624. The second-order valence-electron chi connectivity index (χ2n) is 5.47. The molecular formula is C15H23NO5S. The van der Waals surface area contributed by atoms with Gasteiger partial charge in [0.05, 0.1) is 21.3 Å². The lowest BCUT2D eigenvalue weighted by Crippen LogP contribution is -2.39. The molecule has 6 nitrogen and oxygen atoms in total. The van der Waals surface area contributed by atoms with E-state index in [1.165, 1.54) is 25.6 Å². The average molecular weight is 329 g/mol. The van der Waals surface area contributed by atoms with E-state index in [-0.39, 0.29) is 16.4 Å². The van der Waals surface area contributed by atoms with Gasteiger partial charge in [0.1, 0.15) is 17.2 Å². The molecule has 1 aliphatic rings. The number of rotatable bonds is 5. The molecule has 0 radical (unpaired) electrons. The maximum atomic E-state index is 13.0. The van der Waals surface area contributed by atoms with Crippen molar-refractivity contribution in [3.8, 4) is 17.2 Å². The zero-order chi connectivity index (χ0) is 16.3. The van der Waals surface area contributed by atoms with Crippen LogP contribution in [-0.2, 0) is 10.0 Å². The molecule has 1 aromatic rings. The summed E-state index contributed by atoms with van der Waals surface area (Å²) in [5, 5.41) is 0. The first-order valence-corrected chi connectivity index (χ1v) is 8.68. The highest BCUT2D eigenvalue weighted by Gasteiger charge is 2.34. The van der Waals surface area contributed by atoms with E-state index in [1.807, 2.05) is 0 Å². The van der Waals surface area contributed by atoms with Crippen LogP contribution >= 0.6 is 0 Å². The molecule has 0 aliphatic carbocycles. The van der Waals surface area contributed by atoms with Crippen LogP contribution in [0.25, 0.3) is 0 Å². The number of nitrogens with zero attached hydrogens (tertiary/aromatic N) is 1. The third-order valence-electron chi connectivity index (χ3n) is 3.89. The van der Waals surface area contributed by atoms with Gasteiger partial charge in [-0.2, -0.15) is 4.31 Å². The van der Waals surface area contributed by atoms with Gasteiger partial charge in [-0.15, -0.1) is 0 Å². The fourth-order valence-corrected chi connectivity index (χ4v) is 4.59. The smallest absolute Gasteiger partial charge is 0.250 e. The van der Waals surface area contributed by atoms with Crippen LogP contribution in [-0.4, -0.2) is 47.1 Å². The van der Waals surface area contributed by atoms with Gasteiger partial charge in [0, 0.05) is 25.2 Å². The van der Waals surface area contributed by atoms with E-state index in [0.717, 1.165) is 12.8 Å². The van der Waals surface area contributed by atoms with Crippen molar-refractivity contribution in [2.24, 2.45) is 5.92 Å². The molecule has 124 valence electrons. The Hall–Kier alpha value is -1.47. The van der Waals surface area contributed by atoms with Crippen LogP contribution in [0.15, 0.2) is 17.0 Å². The minimum absolute atomic E-state index is 0.0624. The summed E-state index contributed by atoms with van der Waals surface area (Å²) in [6.45, 7) is 3.09. The number of sulfonamides is 1. The third kappa shape index (κ3) is 3.15. The minimum Gasteiger partial charge on any atom is -0.496 e. The Bertz CT molecular complexity index is 604. The van der Waals surface area contributed by atoms with E-state index in [9.17, 15) is 8.42 Å². The van der Waals surface area contributed by atoms with Gasteiger partial charge >= 0.3 is 0 Å². The highest BCUT2D eigenvalue weighted by atomic mass is 32.2. The maximum Gasteiger partial charge on any atom is 0.250 e. The minimum atomic E-state index is -3.68. The van der Waals surface area contributed by atoms with E-state index in [1.54, 1.807) is 12.1 Å².